The van der Waals surface area contributed by atoms with E-state index in [1.165, 1.54) is 48.5 Å². The quantitative estimate of drug-likeness (QED) is 0.419. The lowest BCUT2D eigenvalue weighted by atomic mass is 10.1. The molecule has 8 heteroatoms. The summed E-state index contributed by atoms with van der Waals surface area (Å²) in [6, 6.07) is 16.8. The minimum Gasteiger partial charge on any atom is -0.422 e. The Bertz CT molecular complexity index is 1520. The molecule has 1 heterocycles. The van der Waals surface area contributed by atoms with Crippen LogP contribution >= 0.6 is 11.6 Å². The van der Waals surface area contributed by atoms with Crippen molar-refractivity contribution in [3.8, 4) is 0 Å². The lowest BCUT2D eigenvalue weighted by Crippen LogP contribution is -2.15. The van der Waals surface area contributed by atoms with Crippen LogP contribution in [0.5, 0.6) is 0 Å². The van der Waals surface area contributed by atoms with E-state index in [0.29, 0.717) is 21.7 Å². The van der Waals surface area contributed by atoms with Crippen molar-refractivity contribution in [1.82, 2.24) is 0 Å². The fourth-order valence-corrected chi connectivity index (χ4v) is 4.74. The van der Waals surface area contributed by atoms with Crippen LogP contribution in [-0.4, -0.2) is 14.3 Å². The number of nitrogens with one attached hydrogen (secondary N) is 1. The van der Waals surface area contributed by atoms with Crippen molar-refractivity contribution in [3.63, 3.8) is 0 Å². The number of hydrogen-bond donors (Lipinski definition) is 1. The number of fused-ring (bicyclic) bond motifs is 1. The molecule has 0 unspecified atom stereocenters. The van der Waals surface area contributed by atoms with Crippen LogP contribution in [0.3, 0.4) is 0 Å². The molecule has 32 heavy (non-hydrogen) atoms. The average molecular weight is 468 g/mol. The molecule has 3 aromatic carbocycles. The average Bonchev–Trinajstić information content (AvgIpc) is 2.75. The summed E-state index contributed by atoms with van der Waals surface area (Å²) in [5.41, 5.74) is 2.15. The number of rotatable bonds is 4. The predicted octanol–water partition coefficient (Wildman–Crippen LogP) is 5.15. The summed E-state index contributed by atoms with van der Waals surface area (Å²) in [5.74, 6) is -0.368. The summed E-state index contributed by atoms with van der Waals surface area (Å²) in [4.78, 5) is 24.6. The van der Waals surface area contributed by atoms with E-state index < -0.39 is 20.4 Å². The maximum absolute atomic E-state index is 13.0. The van der Waals surface area contributed by atoms with Gasteiger partial charge in [0.05, 0.1) is 4.90 Å². The van der Waals surface area contributed by atoms with Gasteiger partial charge in [-0.05, 0) is 74.0 Å². The van der Waals surface area contributed by atoms with Crippen LogP contribution in [-0.2, 0) is 9.84 Å². The van der Waals surface area contributed by atoms with E-state index in [4.69, 9.17) is 16.0 Å². The van der Waals surface area contributed by atoms with E-state index in [1.54, 1.807) is 0 Å². The Morgan fingerprint density at radius 3 is 2.34 bits per heavy atom. The highest BCUT2D eigenvalue weighted by Gasteiger charge is 2.23. The Labute approximate surface area is 189 Å². The van der Waals surface area contributed by atoms with E-state index >= 15 is 0 Å². The first-order valence-electron chi connectivity index (χ1n) is 9.62. The number of amides is 1. The Morgan fingerprint density at radius 2 is 1.66 bits per heavy atom. The van der Waals surface area contributed by atoms with Crippen LogP contribution in [0, 0.1) is 13.8 Å². The molecule has 6 nitrogen and oxygen atoms in total. The maximum Gasteiger partial charge on any atom is 0.355 e. The van der Waals surface area contributed by atoms with Gasteiger partial charge in [0, 0.05) is 21.7 Å². The zero-order valence-electron chi connectivity index (χ0n) is 17.2. The second kappa shape index (κ2) is 8.26. The van der Waals surface area contributed by atoms with Crippen molar-refractivity contribution in [1.29, 1.82) is 0 Å². The van der Waals surface area contributed by atoms with Gasteiger partial charge >= 0.3 is 5.63 Å². The summed E-state index contributed by atoms with van der Waals surface area (Å²) >= 11 is 5.83. The number of halogens is 1. The smallest absolute Gasteiger partial charge is 0.355 e. The van der Waals surface area contributed by atoms with Gasteiger partial charge in [-0.2, -0.15) is 0 Å². The third-order valence-corrected chi connectivity index (χ3v) is 7.01. The fourth-order valence-electron chi connectivity index (χ4n) is 3.32. The molecule has 0 radical (unpaired) electrons. The molecule has 0 bridgehead atoms. The molecular weight excluding hydrogens is 450 g/mol. The summed E-state index contributed by atoms with van der Waals surface area (Å²) in [7, 11) is -4.13. The molecular formula is C24H18ClNO5S. The normalized spacial score (nSPS) is 11.5. The summed E-state index contributed by atoms with van der Waals surface area (Å²) < 4.78 is 31.1. The van der Waals surface area contributed by atoms with Crippen molar-refractivity contribution >= 4 is 44.0 Å². The lowest BCUT2D eigenvalue weighted by Gasteiger charge is -2.10. The molecule has 162 valence electrons. The second-order valence-corrected chi connectivity index (χ2v) is 9.74. The number of carbonyl (C=O) groups excluding carboxylic acids is 1. The molecule has 0 aliphatic carbocycles. The molecule has 0 spiro atoms. The first-order valence-corrected chi connectivity index (χ1v) is 11.5. The van der Waals surface area contributed by atoms with E-state index in [1.807, 2.05) is 32.0 Å². The van der Waals surface area contributed by atoms with Crippen molar-refractivity contribution in [2.45, 2.75) is 23.6 Å². The number of sulfone groups is 1. The molecule has 0 saturated carbocycles. The van der Waals surface area contributed by atoms with Crippen molar-refractivity contribution in [3.05, 3.63) is 98.9 Å². The van der Waals surface area contributed by atoms with E-state index in [0.717, 1.165) is 11.1 Å². The third-order valence-electron chi connectivity index (χ3n) is 5.01. The van der Waals surface area contributed by atoms with Gasteiger partial charge in [-0.15, -0.1) is 0 Å². The molecule has 0 aliphatic rings. The van der Waals surface area contributed by atoms with E-state index in [9.17, 15) is 18.0 Å². The summed E-state index contributed by atoms with van der Waals surface area (Å²) in [5, 5.41) is 3.52. The highest BCUT2D eigenvalue weighted by molar-refractivity contribution is 7.91. The van der Waals surface area contributed by atoms with Gasteiger partial charge < -0.3 is 9.73 Å². The van der Waals surface area contributed by atoms with Crippen LogP contribution in [0.4, 0.5) is 5.69 Å². The number of anilines is 1. The second-order valence-electron chi connectivity index (χ2n) is 7.38. The molecule has 1 aromatic heterocycles. The topological polar surface area (TPSA) is 93.4 Å². The van der Waals surface area contributed by atoms with Crippen LogP contribution in [0.2, 0.25) is 5.02 Å². The Morgan fingerprint density at radius 1 is 0.938 bits per heavy atom. The first kappa shape index (κ1) is 21.8. The highest BCUT2D eigenvalue weighted by atomic mass is 35.5. The monoisotopic (exact) mass is 467 g/mol. The maximum atomic E-state index is 13.0. The van der Waals surface area contributed by atoms with Gasteiger partial charge in [0.25, 0.3) is 5.91 Å². The summed E-state index contributed by atoms with van der Waals surface area (Å²) in [6.07, 6.45) is 0. The standard InChI is InChI=1S/C24H18ClNO5S/c1-14-3-9-20(15(2)11-14)26-23(27)16-4-10-21-17(12-16)13-22(24(28)31-21)32(29,30)19-7-5-18(25)6-8-19/h3-13H,1-2H3,(H,26,27). The molecule has 0 fully saturated rings. The summed E-state index contributed by atoms with van der Waals surface area (Å²) in [6.45, 7) is 3.86. The highest BCUT2D eigenvalue weighted by Crippen LogP contribution is 2.24. The first-order chi connectivity index (χ1) is 15.1. The Hall–Kier alpha value is -3.42. The van der Waals surface area contributed by atoms with Crippen LogP contribution in [0.1, 0.15) is 21.5 Å². The van der Waals surface area contributed by atoms with Gasteiger partial charge in [0.1, 0.15) is 5.58 Å². The van der Waals surface area contributed by atoms with Gasteiger partial charge in [-0.3, -0.25) is 4.79 Å². The van der Waals surface area contributed by atoms with E-state index in [2.05, 4.69) is 5.32 Å². The third kappa shape index (κ3) is 4.17. The zero-order chi connectivity index (χ0) is 23.0. The van der Waals surface area contributed by atoms with Crippen LogP contribution in [0.15, 0.2) is 85.7 Å². The van der Waals surface area contributed by atoms with Crippen molar-refractivity contribution < 1.29 is 17.6 Å². The lowest BCUT2D eigenvalue weighted by molar-refractivity contribution is 0.102. The van der Waals surface area contributed by atoms with Crippen molar-refractivity contribution in [2.75, 3.05) is 5.32 Å². The number of hydrogen-bond acceptors (Lipinski definition) is 5. The number of carbonyl (C=O) groups is 1. The molecule has 4 aromatic rings. The Kier molecular flexibility index (Phi) is 5.62. The number of aryl methyl sites for hydroxylation is 2. The van der Waals surface area contributed by atoms with Crippen molar-refractivity contribution in [2.24, 2.45) is 0 Å². The minimum atomic E-state index is -4.13. The molecule has 4 rings (SSSR count). The molecule has 0 saturated heterocycles. The Balaban J connectivity index is 1.74. The number of benzene rings is 3. The SMILES string of the molecule is Cc1ccc(NC(=O)c2ccc3oc(=O)c(S(=O)(=O)c4ccc(Cl)cc4)cc3c2)c(C)c1. The van der Waals surface area contributed by atoms with Gasteiger partial charge in [-0.1, -0.05) is 29.3 Å². The van der Waals surface area contributed by atoms with Gasteiger partial charge in [0.2, 0.25) is 9.84 Å². The molecule has 1 N–H and O–H groups in total. The fraction of sp³-hybridized carbons (Fsp3) is 0.0833. The van der Waals surface area contributed by atoms with Gasteiger partial charge in [-0.25, -0.2) is 13.2 Å². The van der Waals surface area contributed by atoms with Crippen LogP contribution in [0.25, 0.3) is 11.0 Å². The predicted molar refractivity (Wildman–Crippen MR) is 123 cm³/mol. The van der Waals surface area contributed by atoms with Crippen LogP contribution < -0.4 is 10.9 Å². The zero-order valence-corrected chi connectivity index (χ0v) is 18.8. The minimum absolute atomic E-state index is 0.0858. The largest absolute Gasteiger partial charge is 0.422 e. The van der Waals surface area contributed by atoms with E-state index in [-0.39, 0.29) is 16.4 Å². The molecule has 0 atom stereocenters. The van der Waals surface area contributed by atoms with Gasteiger partial charge in [0.15, 0.2) is 4.90 Å². The molecule has 0 aliphatic heterocycles. The molecule has 1 amide bonds.